The lowest BCUT2D eigenvalue weighted by Crippen LogP contribution is -2.27. The number of benzene rings is 2. The van der Waals surface area contributed by atoms with Crippen molar-refractivity contribution in [1.82, 2.24) is 5.32 Å². The lowest BCUT2D eigenvalue weighted by molar-refractivity contribution is -0.122. The summed E-state index contributed by atoms with van der Waals surface area (Å²) in [5.74, 6) is 0.620. The molecule has 0 saturated carbocycles. The van der Waals surface area contributed by atoms with Crippen molar-refractivity contribution in [2.24, 2.45) is 0 Å². The SMILES string of the molecule is Cc1ccc(OCCC(=O)N[C@@H](C)c2ccc(S(C)(=O)=O)cc2)cc1. The largest absolute Gasteiger partial charge is 0.493 e. The van der Waals surface area contributed by atoms with Crippen molar-refractivity contribution in [3.8, 4) is 5.75 Å². The van der Waals surface area contributed by atoms with Crippen molar-refractivity contribution in [3.05, 3.63) is 59.7 Å². The third-order valence-corrected chi connectivity index (χ3v) is 4.93. The predicted molar refractivity (Wildman–Crippen MR) is 97.4 cm³/mol. The molecule has 0 radical (unpaired) electrons. The summed E-state index contributed by atoms with van der Waals surface area (Å²) in [5.41, 5.74) is 2.00. The molecule has 1 atom stereocenters. The van der Waals surface area contributed by atoms with Crippen molar-refractivity contribution in [2.45, 2.75) is 31.2 Å². The minimum Gasteiger partial charge on any atom is -0.493 e. The molecule has 0 spiro atoms. The fourth-order valence-electron chi connectivity index (χ4n) is 2.30. The molecule has 6 heteroatoms. The van der Waals surface area contributed by atoms with E-state index in [9.17, 15) is 13.2 Å². The molecule has 134 valence electrons. The Balaban J connectivity index is 1.82. The molecule has 0 aliphatic carbocycles. The first-order valence-electron chi connectivity index (χ1n) is 8.04. The second kappa shape index (κ2) is 8.16. The van der Waals surface area contributed by atoms with E-state index in [1.807, 2.05) is 38.1 Å². The minimum absolute atomic E-state index is 0.119. The van der Waals surface area contributed by atoms with Gasteiger partial charge in [-0.1, -0.05) is 29.8 Å². The zero-order chi connectivity index (χ0) is 18.4. The van der Waals surface area contributed by atoms with Crippen LogP contribution >= 0.6 is 0 Å². The van der Waals surface area contributed by atoms with Gasteiger partial charge in [-0.3, -0.25) is 4.79 Å². The van der Waals surface area contributed by atoms with E-state index >= 15 is 0 Å². The quantitative estimate of drug-likeness (QED) is 0.823. The Labute approximate surface area is 148 Å². The summed E-state index contributed by atoms with van der Waals surface area (Å²) in [6, 6.07) is 14.0. The fourth-order valence-corrected chi connectivity index (χ4v) is 2.93. The molecule has 2 aromatic carbocycles. The van der Waals surface area contributed by atoms with Gasteiger partial charge in [-0.2, -0.15) is 0 Å². The number of rotatable bonds is 7. The number of carbonyl (C=O) groups is 1. The number of aryl methyl sites for hydroxylation is 1. The maximum atomic E-state index is 12.0. The van der Waals surface area contributed by atoms with Crippen LogP contribution in [0.15, 0.2) is 53.4 Å². The highest BCUT2D eigenvalue weighted by atomic mass is 32.2. The Morgan fingerprint density at radius 3 is 2.24 bits per heavy atom. The summed E-state index contributed by atoms with van der Waals surface area (Å²) in [6.45, 7) is 4.16. The van der Waals surface area contributed by atoms with E-state index in [1.54, 1.807) is 24.3 Å². The van der Waals surface area contributed by atoms with Crippen LogP contribution in [0.5, 0.6) is 5.75 Å². The van der Waals surface area contributed by atoms with Gasteiger partial charge in [0, 0.05) is 6.26 Å². The van der Waals surface area contributed by atoms with E-state index in [0.29, 0.717) is 6.61 Å². The maximum absolute atomic E-state index is 12.0. The Hall–Kier alpha value is -2.34. The van der Waals surface area contributed by atoms with Gasteiger partial charge in [0.1, 0.15) is 5.75 Å². The highest BCUT2D eigenvalue weighted by Gasteiger charge is 2.12. The van der Waals surface area contributed by atoms with Crippen molar-refractivity contribution in [3.63, 3.8) is 0 Å². The third kappa shape index (κ3) is 5.90. The molecule has 1 N–H and O–H groups in total. The first kappa shape index (κ1) is 19.0. The number of sulfone groups is 1. The molecule has 0 aliphatic rings. The van der Waals surface area contributed by atoms with Gasteiger partial charge in [0.15, 0.2) is 9.84 Å². The van der Waals surface area contributed by atoms with Crippen LogP contribution in [0.25, 0.3) is 0 Å². The molecule has 0 aliphatic heterocycles. The van der Waals surface area contributed by atoms with Gasteiger partial charge >= 0.3 is 0 Å². The molecule has 0 fully saturated rings. The standard InChI is InChI=1S/C19H23NO4S/c1-14-4-8-17(9-5-14)24-13-12-19(21)20-15(2)16-6-10-18(11-7-16)25(3,22)23/h4-11,15H,12-13H2,1-3H3,(H,20,21)/t15-/m0/s1. The molecule has 2 rings (SSSR count). The van der Waals surface area contributed by atoms with Gasteiger partial charge in [0.25, 0.3) is 0 Å². The van der Waals surface area contributed by atoms with Crippen LogP contribution in [0.1, 0.15) is 30.5 Å². The number of hydrogen-bond acceptors (Lipinski definition) is 4. The first-order chi connectivity index (χ1) is 11.8. The minimum atomic E-state index is -3.21. The lowest BCUT2D eigenvalue weighted by atomic mass is 10.1. The zero-order valence-corrected chi connectivity index (χ0v) is 15.5. The summed E-state index contributed by atoms with van der Waals surface area (Å²) in [6.07, 6.45) is 1.42. The van der Waals surface area contributed by atoms with Crippen molar-refractivity contribution < 1.29 is 17.9 Å². The number of nitrogens with one attached hydrogen (secondary N) is 1. The molecule has 2 aromatic rings. The molecule has 5 nitrogen and oxygen atoms in total. The Kier molecular flexibility index (Phi) is 6.20. The zero-order valence-electron chi connectivity index (χ0n) is 14.7. The maximum Gasteiger partial charge on any atom is 0.223 e. The molecule has 0 unspecified atom stereocenters. The Morgan fingerprint density at radius 2 is 1.68 bits per heavy atom. The predicted octanol–water partition coefficient (Wildman–Crippen LogP) is 3.04. The number of carbonyl (C=O) groups excluding carboxylic acids is 1. The second-order valence-electron chi connectivity index (χ2n) is 6.04. The average molecular weight is 361 g/mol. The van der Waals surface area contributed by atoms with Crippen LogP contribution < -0.4 is 10.1 Å². The highest BCUT2D eigenvalue weighted by molar-refractivity contribution is 7.90. The van der Waals surface area contributed by atoms with Gasteiger partial charge < -0.3 is 10.1 Å². The summed E-state index contributed by atoms with van der Waals surface area (Å²) in [5, 5.41) is 2.88. The summed E-state index contributed by atoms with van der Waals surface area (Å²) in [7, 11) is -3.21. The molecule has 0 aromatic heterocycles. The highest BCUT2D eigenvalue weighted by Crippen LogP contribution is 2.16. The summed E-state index contributed by atoms with van der Waals surface area (Å²) < 4.78 is 28.5. The molecule has 0 saturated heterocycles. The Bertz CT molecular complexity index is 812. The second-order valence-corrected chi connectivity index (χ2v) is 8.06. The molecule has 25 heavy (non-hydrogen) atoms. The topological polar surface area (TPSA) is 72.5 Å². The van der Waals surface area contributed by atoms with Gasteiger partial charge in [0.2, 0.25) is 5.91 Å². The van der Waals surface area contributed by atoms with Crippen molar-refractivity contribution >= 4 is 15.7 Å². The van der Waals surface area contributed by atoms with Crippen LogP contribution in [-0.4, -0.2) is 27.2 Å². The van der Waals surface area contributed by atoms with Crippen LogP contribution in [0.2, 0.25) is 0 Å². The van der Waals surface area contributed by atoms with Gasteiger partial charge in [-0.15, -0.1) is 0 Å². The third-order valence-electron chi connectivity index (χ3n) is 3.80. The summed E-state index contributed by atoms with van der Waals surface area (Å²) >= 11 is 0. The summed E-state index contributed by atoms with van der Waals surface area (Å²) in [4.78, 5) is 12.3. The lowest BCUT2D eigenvalue weighted by Gasteiger charge is -2.15. The molecule has 0 bridgehead atoms. The Morgan fingerprint density at radius 1 is 1.08 bits per heavy atom. The van der Waals surface area contributed by atoms with E-state index < -0.39 is 9.84 Å². The average Bonchev–Trinajstić information content (AvgIpc) is 2.56. The monoisotopic (exact) mass is 361 g/mol. The normalized spacial score (nSPS) is 12.4. The van der Waals surface area contributed by atoms with Gasteiger partial charge in [-0.25, -0.2) is 8.42 Å². The van der Waals surface area contributed by atoms with Crippen molar-refractivity contribution in [2.75, 3.05) is 12.9 Å². The number of amides is 1. The van der Waals surface area contributed by atoms with E-state index in [4.69, 9.17) is 4.74 Å². The molecular weight excluding hydrogens is 338 g/mol. The fraction of sp³-hybridized carbons (Fsp3) is 0.316. The van der Waals surface area contributed by atoms with Gasteiger partial charge in [-0.05, 0) is 43.7 Å². The van der Waals surface area contributed by atoms with E-state index in [-0.39, 0.29) is 23.3 Å². The first-order valence-corrected chi connectivity index (χ1v) is 9.94. The van der Waals surface area contributed by atoms with E-state index in [2.05, 4.69) is 5.32 Å². The number of hydrogen-bond donors (Lipinski definition) is 1. The van der Waals surface area contributed by atoms with Gasteiger partial charge in [0.05, 0.1) is 24.0 Å². The molecule has 0 heterocycles. The van der Waals surface area contributed by atoms with Crippen LogP contribution in [0, 0.1) is 6.92 Å². The number of ether oxygens (including phenoxy) is 1. The van der Waals surface area contributed by atoms with E-state index in [0.717, 1.165) is 16.9 Å². The van der Waals surface area contributed by atoms with Crippen LogP contribution in [0.4, 0.5) is 0 Å². The van der Waals surface area contributed by atoms with Crippen molar-refractivity contribution in [1.29, 1.82) is 0 Å². The smallest absolute Gasteiger partial charge is 0.223 e. The van der Waals surface area contributed by atoms with Crippen LogP contribution in [-0.2, 0) is 14.6 Å². The molecular formula is C19H23NO4S. The van der Waals surface area contributed by atoms with E-state index in [1.165, 1.54) is 6.26 Å². The van der Waals surface area contributed by atoms with Crippen LogP contribution in [0.3, 0.4) is 0 Å². The molecule has 1 amide bonds.